The van der Waals surface area contributed by atoms with E-state index in [0.29, 0.717) is 42.9 Å². The summed E-state index contributed by atoms with van der Waals surface area (Å²) in [4.78, 5) is 19.0. The van der Waals surface area contributed by atoms with Crippen LogP contribution in [0.4, 0.5) is 10.2 Å². The molecule has 0 atom stereocenters. The van der Waals surface area contributed by atoms with Crippen LogP contribution in [0.25, 0.3) is 16.9 Å². The second-order valence-corrected chi connectivity index (χ2v) is 7.64. The molecule has 5 rings (SSSR count). The molecular formula is C22H19FN6O2. The lowest BCUT2D eigenvalue weighted by molar-refractivity contribution is 0.0965. The topological polar surface area (TPSA) is 107 Å². The highest BCUT2D eigenvalue weighted by Gasteiger charge is 2.28. The Morgan fingerprint density at radius 2 is 2.03 bits per heavy atom. The van der Waals surface area contributed by atoms with Crippen molar-refractivity contribution in [3.05, 3.63) is 59.2 Å². The Kier molecular flexibility index (Phi) is 4.64. The van der Waals surface area contributed by atoms with Gasteiger partial charge in [0.05, 0.1) is 52.5 Å². The number of rotatable bonds is 3. The molecule has 2 aliphatic heterocycles. The molecule has 3 aromatic rings. The summed E-state index contributed by atoms with van der Waals surface area (Å²) in [5.41, 5.74) is 1.91. The minimum Gasteiger partial charge on any atom is -0.393 e. The minimum atomic E-state index is -0.553. The summed E-state index contributed by atoms with van der Waals surface area (Å²) in [6.45, 7) is 1.61. The summed E-state index contributed by atoms with van der Waals surface area (Å²) in [7, 11) is 0. The van der Waals surface area contributed by atoms with Crippen LogP contribution in [0.2, 0.25) is 0 Å². The average molecular weight is 418 g/mol. The van der Waals surface area contributed by atoms with Gasteiger partial charge in [0, 0.05) is 25.4 Å². The van der Waals surface area contributed by atoms with Crippen LogP contribution < -0.4 is 10.2 Å². The summed E-state index contributed by atoms with van der Waals surface area (Å²) in [5, 5.41) is 26.6. The van der Waals surface area contributed by atoms with E-state index in [-0.39, 0.29) is 35.4 Å². The van der Waals surface area contributed by atoms with E-state index in [4.69, 9.17) is 0 Å². The number of piperidine rings is 1. The lowest BCUT2D eigenvalue weighted by atomic mass is 10.0. The van der Waals surface area contributed by atoms with Crippen molar-refractivity contribution in [1.29, 1.82) is 5.26 Å². The molecule has 9 heteroatoms. The van der Waals surface area contributed by atoms with Crippen molar-refractivity contribution >= 4 is 11.7 Å². The SMILES string of the molecule is N#Cc1cccc(F)c1-c1cc(-n2ccc(N3CCC(O)CC3)n2)c2c(n1)CNC2=O. The molecule has 1 fully saturated rings. The summed E-state index contributed by atoms with van der Waals surface area (Å²) < 4.78 is 16.2. The number of nitriles is 1. The third kappa shape index (κ3) is 3.31. The number of carbonyl (C=O) groups excluding carboxylic acids is 1. The molecule has 0 unspecified atom stereocenters. The fourth-order valence-corrected chi connectivity index (χ4v) is 4.11. The van der Waals surface area contributed by atoms with Gasteiger partial charge in [0.1, 0.15) is 5.82 Å². The smallest absolute Gasteiger partial charge is 0.255 e. The van der Waals surface area contributed by atoms with Gasteiger partial charge < -0.3 is 15.3 Å². The number of amides is 1. The van der Waals surface area contributed by atoms with Crippen LogP contribution in [0.5, 0.6) is 0 Å². The Labute approximate surface area is 177 Å². The number of fused-ring (bicyclic) bond motifs is 1. The largest absolute Gasteiger partial charge is 0.393 e. The second-order valence-electron chi connectivity index (χ2n) is 7.64. The van der Waals surface area contributed by atoms with E-state index in [1.807, 2.05) is 12.1 Å². The van der Waals surface area contributed by atoms with Gasteiger partial charge in [-0.2, -0.15) is 10.4 Å². The number of anilines is 1. The Bertz CT molecular complexity index is 1220. The fraction of sp³-hybridized carbons (Fsp3) is 0.273. The highest BCUT2D eigenvalue weighted by Crippen LogP contribution is 2.31. The number of aromatic nitrogens is 3. The van der Waals surface area contributed by atoms with E-state index >= 15 is 0 Å². The van der Waals surface area contributed by atoms with Crippen molar-refractivity contribution in [1.82, 2.24) is 20.1 Å². The zero-order chi connectivity index (χ0) is 21.5. The van der Waals surface area contributed by atoms with Crippen LogP contribution in [0.15, 0.2) is 36.5 Å². The zero-order valence-corrected chi connectivity index (χ0v) is 16.5. The fourth-order valence-electron chi connectivity index (χ4n) is 4.11. The third-order valence-electron chi connectivity index (χ3n) is 5.72. The summed E-state index contributed by atoms with van der Waals surface area (Å²) >= 11 is 0. The first kappa shape index (κ1) is 19.2. The molecule has 0 aliphatic carbocycles. The zero-order valence-electron chi connectivity index (χ0n) is 16.5. The maximum atomic E-state index is 14.6. The van der Waals surface area contributed by atoms with Crippen LogP contribution in [-0.2, 0) is 6.54 Å². The molecule has 0 bridgehead atoms. The molecule has 2 N–H and O–H groups in total. The maximum absolute atomic E-state index is 14.6. The highest BCUT2D eigenvalue weighted by atomic mass is 19.1. The Morgan fingerprint density at radius 3 is 2.81 bits per heavy atom. The van der Waals surface area contributed by atoms with E-state index in [2.05, 4.69) is 20.3 Å². The van der Waals surface area contributed by atoms with E-state index in [9.17, 15) is 19.6 Å². The summed E-state index contributed by atoms with van der Waals surface area (Å²) in [5.74, 6) is -0.0833. The number of pyridine rings is 1. The predicted octanol–water partition coefficient (Wildman–Crippen LogP) is 2.15. The van der Waals surface area contributed by atoms with Crippen molar-refractivity contribution < 1.29 is 14.3 Å². The quantitative estimate of drug-likeness (QED) is 0.675. The number of carbonyl (C=O) groups is 1. The Morgan fingerprint density at radius 1 is 1.23 bits per heavy atom. The number of aliphatic hydroxyl groups is 1. The molecule has 156 valence electrons. The van der Waals surface area contributed by atoms with Gasteiger partial charge in [0.2, 0.25) is 0 Å². The predicted molar refractivity (Wildman–Crippen MR) is 110 cm³/mol. The molecule has 1 amide bonds. The van der Waals surface area contributed by atoms with Crippen molar-refractivity contribution in [3.63, 3.8) is 0 Å². The number of hydrogen-bond acceptors (Lipinski definition) is 6. The Balaban J connectivity index is 1.62. The van der Waals surface area contributed by atoms with Gasteiger partial charge in [-0.3, -0.25) is 4.79 Å². The molecule has 4 heterocycles. The number of aliphatic hydroxyl groups excluding tert-OH is 1. The minimum absolute atomic E-state index is 0.103. The molecule has 31 heavy (non-hydrogen) atoms. The van der Waals surface area contributed by atoms with Crippen LogP contribution in [0.3, 0.4) is 0 Å². The van der Waals surface area contributed by atoms with E-state index in [1.54, 1.807) is 16.9 Å². The average Bonchev–Trinajstić information content (AvgIpc) is 3.41. The first-order chi connectivity index (χ1) is 15.0. The molecule has 1 saturated heterocycles. The first-order valence-corrected chi connectivity index (χ1v) is 10.1. The lowest BCUT2D eigenvalue weighted by Crippen LogP contribution is -2.36. The summed E-state index contributed by atoms with van der Waals surface area (Å²) in [6, 6.07) is 9.75. The molecular weight excluding hydrogens is 399 g/mol. The van der Waals surface area contributed by atoms with Gasteiger partial charge >= 0.3 is 0 Å². The molecule has 0 spiro atoms. The van der Waals surface area contributed by atoms with Crippen molar-refractivity contribution in [3.8, 4) is 23.0 Å². The van der Waals surface area contributed by atoms with Gasteiger partial charge in [-0.1, -0.05) is 6.07 Å². The molecule has 0 saturated carbocycles. The van der Waals surface area contributed by atoms with E-state index < -0.39 is 5.82 Å². The van der Waals surface area contributed by atoms with Gasteiger partial charge in [-0.05, 0) is 31.0 Å². The number of halogens is 1. The monoisotopic (exact) mass is 418 g/mol. The second kappa shape index (κ2) is 7.49. The molecule has 8 nitrogen and oxygen atoms in total. The lowest BCUT2D eigenvalue weighted by Gasteiger charge is -2.29. The molecule has 0 radical (unpaired) electrons. The van der Waals surface area contributed by atoms with Crippen LogP contribution in [0, 0.1) is 17.1 Å². The Hall–Kier alpha value is -3.77. The van der Waals surface area contributed by atoms with Crippen LogP contribution >= 0.6 is 0 Å². The first-order valence-electron chi connectivity index (χ1n) is 10.1. The van der Waals surface area contributed by atoms with Gasteiger partial charge in [-0.15, -0.1) is 0 Å². The molecule has 2 aromatic heterocycles. The number of nitrogens with one attached hydrogen (secondary N) is 1. The standard InChI is InChI=1S/C22H19FN6O2/c23-15-3-1-2-13(11-24)20(15)16-10-18(21-17(26-16)12-25-22(21)31)29-9-6-19(27-29)28-7-4-14(30)5-8-28/h1-3,6,9-10,14,30H,4-5,7-8,12H2,(H,25,31). The van der Waals surface area contributed by atoms with Gasteiger partial charge in [-0.25, -0.2) is 14.1 Å². The van der Waals surface area contributed by atoms with E-state index in [1.165, 1.54) is 18.2 Å². The number of hydrogen-bond donors (Lipinski definition) is 2. The van der Waals surface area contributed by atoms with Crippen LogP contribution in [0.1, 0.15) is 34.5 Å². The van der Waals surface area contributed by atoms with Crippen LogP contribution in [-0.4, -0.2) is 45.0 Å². The third-order valence-corrected chi connectivity index (χ3v) is 5.72. The van der Waals surface area contributed by atoms with E-state index in [0.717, 1.165) is 5.82 Å². The van der Waals surface area contributed by atoms with Crippen molar-refractivity contribution in [2.45, 2.75) is 25.5 Å². The molecule has 1 aromatic carbocycles. The molecule has 2 aliphatic rings. The van der Waals surface area contributed by atoms with Crippen molar-refractivity contribution in [2.75, 3.05) is 18.0 Å². The van der Waals surface area contributed by atoms with Gasteiger partial charge in [0.25, 0.3) is 5.91 Å². The summed E-state index contributed by atoms with van der Waals surface area (Å²) in [6.07, 6.45) is 2.81. The van der Waals surface area contributed by atoms with Gasteiger partial charge in [0.15, 0.2) is 5.82 Å². The highest BCUT2D eigenvalue weighted by molar-refractivity contribution is 6.01. The maximum Gasteiger partial charge on any atom is 0.255 e. The van der Waals surface area contributed by atoms with Crippen molar-refractivity contribution in [2.24, 2.45) is 0 Å². The number of benzene rings is 1. The number of nitrogens with zero attached hydrogens (tertiary/aromatic N) is 5. The normalized spacial score (nSPS) is 16.2.